The highest BCUT2D eigenvalue weighted by Gasteiger charge is 2.33. The zero-order valence-electron chi connectivity index (χ0n) is 12.2. The van der Waals surface area contributed by atoms with E-state index in [0.29, 0.717) is 0 Å². The normalized spacial score (nSPS) is 21.5. The summed E-state index contributed by atoms with van der Waals surface area (Å²) in [6.45, 7) is 7.78. The maximum absolute atomic E-state index is 3.59. The number of nitrogens with zero attached hydrogens (tertiary/aromatic N) is 1. The molecule has 0 radical (unpaired) electrons. The first-order chi connectivity index (χ1) is 9.11. The minimum atomic E-state index is 0.889. The third kappa shape index (κ3) is 4.22. The van der Waals surface area contributed by atoms with Gasteiger partial charge in [-0.05, 0) is 48.9 Å². The standard InChI is InChI=1S/C16H25BrN2/c1-4-7-18-10-13-5-6-15(17)9-16(13)19(3)11-14-8-12(14)2/h5-6,9,12,14,18H,4,7-8,10-11H2,1-3H3. The number of hydrogen-bond donors (Lipinski definition) is 1. The second kappa shape index (κ2) is 6.76. The average Bonchev–Trinajstić information content (AvgIpc) is 3.06. The smallest absolute Gasteiger partial charge is 0.0420 e. The van der Waals surface area contributed by atoms with Crippen LogP contribution in [0.25, 0.3) is 0 Å². The lowest BCUT2D eigenvalue weighted by Gasteiger charge is -2.23. The van der Waals surface area contributed by atoms with Gasteiger partial charge in [-0.3, -0.25) is 0 Å². The molecule has 0 aliphatic heterocycles. The van der Waals surface area contributed by atoms with E-state index in [9.17, 15) is 0 Å². The van der Waals surface area contributed by atoms with E-state index in [1.54, 1.807) is 0 Å². The molecule has 0 bridgehead atoms. The Morgan fingerprint density at radius 3 is 2.79 bits per heavy atom. The lowest BCUT2D eigenvalue weighted by Crippen LogP contribution is -2.23. The molecule has 1 saturated carbocycles. The van der Waals surface area contributed by atoms with Crippen LogP contribution >= 0.6 is 15.9 Å². The molecule has 2 unspecified atom stereocenters. The van der Waals surface area contributed by atoms with Crippen molar-refractivity contribution in [3.63, 3.8) is 0 Å². The third-order valence-corrected chi connectivity index (χ3v) is 4.48. The fourth-order valence-corrected chi connectivity index (χ4v) is 2.89. The highest BCUT2D eigenvalue weighted by molar-refractivity contribution is 9.10. The molecule has 3 heteroatoms. The van der Waals surface area contributed by atoms with Gasteiger partial charge in [0.25, 0.3) is 0 Å². The number of anilines is 1. The molecule has 2 nitrogen and oxygen atoms in total. The van der Waals surface area contributed by atoms with Crippen molar-refractivity contribution in [3.8, 4) is 0 Å². The lowest BCUT2D eigenvalue weighted by molar-refractivity contribution is 0.669. The largest absolute Gasteiger partial charge is 0.374 e. The number of nitrogens with one attached hydrogen (secondary N) is 1. The quantitative estimate of drug-likeness (QED) is 0.761. The van der Waals surface area contributed by atoms with Gasteiger partial charge >= 0.3 is 0 Å². The molecule has 0 saturated heterocycles. The first-order valence-corrected chi connectivity index (χ1v) is 8.11. The van der Waals surface area contributed by atoms with Gasteiger partial charge in [0.15, 0.2) is 0 Å². The molecule has 2 atom stereocenters. The van der Waals surface area contributed by atoms with E-state index in [2.05, 4.69) is 65.2 Å². The van der Waals surface area contributed by atoms with Crippen LogP contribution in [0.4, 0.5) is 5.69 Å². The van der Waals surface area contributed by atoms with Crippen LogP contribution in [0.1, 0.15) is 32.3 Å². The number of halogens is 1. The maximum Gasteiger partial charge on any atom is 0.0420 e. The van der Waals surface area contributed by atoms with Gasteiger partial charge in [-0.25, -0.2) is 0 Å². The Kier molecular flexibility index (Phi) is 5.28. The third-order valence-electron chi connectivity index (χ3n) is 3.99. The van der Waals surface area contributed by atoms with Crippen molar-refractivity contribution in [2.45, 2.75) is 33.2 Å². The first-order valence-electron chi connectivity index (χ1n) is 7.32. The van der Waals surface area contributed by atoms with E-state index < -0.39 is 0 Å². The van der Waals surface area contributed by atoms with Crippen LogP contribution in [0.2, 0.25) is 0 Å². The molecular weight excluding hydrogens is 300 g/mol. The molecule has 1 aliphatic rings. The van der Waals surface area contributed by atoms with E-state index in [0.717, 1.165) is 29.4 Å². The van der Waals surface area contributed by atoms with Crippen LogP contribution in [0.3, 0.4) is 0 Å². The molecule has 0 aromatic heterocycles. The number of rotatable bonds is 7. The Hall–Kier alpha value is -0.540. The molecule has 0 amide bonds. The van der Waals surface area contributed by atoms with Gasteiger partial charge in [-0.2, -0.15) is 0 Å². The van der Waals surface area contributed by atoms with E-state index in [-0.39, 0.29) is 0 Å². The monoisotopic (exact) mass is 324 g/mol. The first kappa shape index (κ1) is 14.9. The molecule has 0 heterocycles. The second-order valence-electron chi connectivity index (χ2n) is 5.80. The molecular formula is C16H25BrN2. The van der Waals surface area contributed by atoms with Crippen LogP contribution in [0.15, 0.2) is 22.7 Å². The number of benzene rings is 1. The summed E-state index contributed by atoms with van der Waals surface area (Å²) in [5.74, 6) is 1.80. The van der Waals surface area contributed by atoms with Gasteiger partial charge in [0, 0.05) is 30.3 Å². The average molecular weight is 325 g/mol. The number of hydrogen-bond acceptors (Lipinski definition) is 2. The van der Waals surface area contributed by atoms with Crippen molar-refractivity contribution < 1.29 is 0 Å². The van der Waals surface area contributed by atoms with Gasteiger partial charge in [0.1, 0.15) is 0 Å². The van der Waals surface area contributed by atoms with Gasteiger partial charge in [0.05, 0.1) is 0 Å². The van der Waals surface area contributed by atoms with Gasteiger partial charge in [-0.15, -0.1) is 0 Å². The highest BCUT2D eigenvalue weighted by Crippen LogP contribution is 2.39. The predicted octanol–water partition coefficient (Wildman–Crippen LogP) is 4.04. The molecule has 106 valence electrons. The second-order valence-corrected chi connectivity index (χ2v) is 6.72. The van der Waals surface area contributed by atoms with Crippen molar-refractivity contribution in [3.05, 3.63) is 28.2 Å². The van der Waals surface area contributed by atoms with Crippen LogP contribution in [-0.2, 0) is 6.54 Å². The Labute approximate surface area is 125 Å². The van der Waals surface area contributed by atoms with Crippen molar-refractivity contribution in [2.24, 2.45) is 11.8 Å². The topological polar surface area (TPSA) is 15.3 Å². The fraction of sp³-hybridized carbons (Fsp3) is 0.625. The SMILES string of the molecule is CCCNCc1ccc(Br)cc1N(C)CC1CC1C. The Bertz CT molecular complexity index is 419. The summed E-state index contributed by atoms with van der Waals surface area (Å²) in [6, 6.07) is 6.62. The Morgan fingerprint density at radius 2 is 2.16 bits per heavy atom. The van der Waals surface area contributed by atoms with Crippen molar-refractivity contribution in [1.82, 2.24) is 5.32 Å². The van der Waals surface area contributed by atoms with E-state index in [1.807, 2.05) is 0 Å². The fourth-order valence-electron chi connectivity index (χ4n) is 2.55. The van der Waals surface area contributed by atoms with Crippen molar-refractivity contribution in [2.75, 3.05) is 25.0 Å². The summed E-state index contributed by atoms with van der Waals surface area (Å²) >= 11 is 3.59. The molecule has 2 rings (SSSR count). The molecule has 1 aromatic rings. The minimum Gasteiger partial charge on any atom is -0.374 e. The zero-order valence-corrected chi connectivity index (χ0v) is 13.8. The summed E-state index contributed by atoms with van der Waals surface area (Å²) in [5.41, 5.74) is 2.75. The summed E-state index contributed by atoms with van der Waals surface area (Å²) < 4.78 is 1.16. The van der Waals surface area contributed by atoms with Crippen LogP contribution < -0.4 is 10.2 Å². The molecule has 1 fully saturated rings. The summed E-state index contributed by atoms with van der Waals surface area (Å²) in [4.78, 5) is 2.42. The van der Waals surface area contributed by atoms with E-state index >= 15 is 0 Å². The van der Waals surface area contributed by atoms with E-state index in [4.69, 9.17) is 0 Å². The predicted molar refractivity (Wildman–Crippen MR) is 86.7 cm³/mol. The minimum absolute atomic E-state index is 0.889. The van der Waals surface area contributed by atoms with E-state index in [1.165, 1.54) is 30.6 Å². The molecule has 19 heavy (non-hydrogen) atoms. The molecule has 1 aliphatic carbocycles. The molecule has 0 spiro atoms. The van der Waals surface area contributed by atoms with Crippen LogP contribution in [0, 0.1) is 11.8 Å². The van der Waals surface area contributed by atoms with Crippen LogP contribution in [-0.4, -0.2) is 20.1 Å². The summed E-state index contributed by atoms with van der Waals surface area (Å²) in [6.07, 6.45) is 2.57. The lowest BCUT2D eigenvalue weighted by atomic mass is 10.1. The summed E-state index contributed by atoms with van der Waals surface area (Å²) in [5, 5.41) is 3.50. The maximum atomic E-state index is 3.59. The Morgan fingerprint density at radius 1 is 1.42 bits per heavy atom. The Balaban J connectivity index is 2.04. The molecule has 1 N–H and O–H groups in total. The summed E-state index contributed by atoms with van der Waals surface area (Å²) in [7, 11) is 2.22. The van der Waals surface area contributed by atoms with Gasteiger partial charge < -0.3 is 10.2 Å². The van der Waals surface area contributed by atoms with Crippen molar-refractivity contribution in [1.29, 1.82) is 0 Å². The zero-order chi connectivity index (χ0) is 13.8. The highest BCUT2D eigenvalue weighted by atomic mass is 79.9. The van der Waals surface area contributed by atoms with Crippen molar-refractivity contribution >= 4 is 21.6 Å². The molecule has 1 aromatic carbocycles. The van der Waals surface area contributed by atoms with Gasteiger partial charge in [-0.1, -0.05) is 35.8 Å². The van der Waals surface area contributed by atoms with Gasteiger partial charge in [0.2, 0.25) is 0 Å². The van der Waals surface area contributed by atoms with Crippen LogP contribution in [0.5, 0.6) is 0 Å².